The molecule has 6 rings (SSSR count). The number of aryl methyl sites for hydroxylation is 1. The number of nitrogens with one attached hydrogen (secondary N) is 5. The second-order valence-electron chi connectivity index (χ2n) is 12.7. The molecule has 0 aliphatic heterocycles. The van der Waals surface area contributed by atoms with E-state index < -0.39 is 54.1 Å². The zero-order chi connectivity index (χ0) is 40.7. The van der Waals surface area contributed by atoms with Crippen LogP contribution in [0.25, 0.3) is 11.4 Å². The fourth-order valence-electron chi connectivity index (χ4n) is 5.41. The van der Waals surface area contributed by atoms with Gasteiger partial charge in [-0.3, -0.25) is 14.4 Å². The molecule has 0 radical (unpaired) electrons. The van der Waals surface area contributed by atoms with Gasteiger partial charge in [0.05, 0.1) is 5.54 Å². The van der Waals surface area contributed by atoms with Gasteiger partial charge in [-0.1, -0.05) is 35.9 Å². The molecule has 1 fully saturated rings. The maximum Gasteiger partial charge on any atom is 0.422 e. The maximum absolute atomic E-state index is 13.0. The molecule has 18 nitrogen and oxygen atoms in total. The van der Waals surface area contributed by atoms with Crippen LogP contribution in [0.2, 0.25) is 5.02 Å². The van der Waals surface area contributed by atoms with Crippen LogP contribution in [0.15, 0.2) is 72.8 Å². The van der Waals surface area contributed by atoms with Crippen molar-refractivity contribution < 1.29 is 42.2 Å². The van der Waals surface area contributed by atoms with Crippen molar-refractivity contribution in [1.82, 2.24) is 45.8 Å². The molecule has 5 aromatic rings. The van der Waals surface area contributed by atoms with Crippen LogP contribution in [0.4, 0.5) is 36.4 Å². The first-order chi connectivity index (χ1) is 27.2. The second kappa shape index (κ2) is 16.9. The number of amides is 3. The van der Waals surface area contributed by atoms with Gasteiger partial charge in [-0.05, 0) is 83.8 Å². The summed E-state index contributed by atoms with van der Waals surface area (Å²) in [4.78, 5) is 62.1. The number of ether oxygens (including phenoxy) is 1. The Kier molecular flexibility index (Phi) is 11.8. The molecule has 3 aromatic carbocycles. The van der Waals surface area contributed by atoms with Crippen LogP contribution in [-0.2, 0) is 27.0 Å². The van der Waals surface area contributed by atoms with E-state index in [1.165, 1.54) is 28.9 Å². The summed E-state index contributed by atoms with van der Waals surface area (Å²) in [5.41, 5.74) is 1.55. The van der Waals surface area contributed by atoms with Gasteiger partial charge in [0.2, 0.25) is 11.9 Å². The van der Waals surface area contributed by atoms with Crippen molar-refractivity contribution in [2.24, 2.45) is 7.05 Å². The lowest BCUT2D eigenvalue weighted by atomic mass is 10.1. The van der Waals surface area contributed by atoms with Crippen molar-refractivity contribution >= 4 is 58.6 Å². The fourth-order valence-corrected chi connectivity index (χ4v) is 5.54. The molecular formula is C35H32ClF3N12O6. The van der Waals surface area contributed by atoms with E-state index in [1.54, 1.807) is 43.4 Å². The predicted octanol–water partition coefficient (Wildman–Crippen LogP) is 3.83. The molecule has 0 unspecified atom stereocenters. The lowest BCUT2D eigenvalue weighted by Gasteiger charge is -2.19. The molecule has 0 saturated heterocycles. The lowest BCUT2D eigenvalue weighted by molar-refractivity contribution is -0.154. The molecule has 1 aliphatic carbocycles. The van der Waals surface area contributed by atoms with Crippen LogP contribution in [0.5, 0.6) is 6.01 Å². The van der Waals surface area contributed by atoms with E-state index in [0.29, 0.717) is 40.6 Å². The molecular weight excluding hydrogens is 777 g/mol. The van der Waals surface area contributed by atoms with Gasteiger partial charge in [0.25, 0.3) is 5.91 Å². The molecule has 1 aliphatic rings. The normalized spacial score (nSPS) is 13.5. The highest BCUT2D eigenvalue weighted by molar-refractivity contribution is 6.39. The van der Waals surface area contributed by atoms with Crippen LogP contribution in [0, 0.1) is 0 Å². The third-order valence-electron chi connectivity index (χ3n) is 8.41. The van der Waals surface area contributed by atoms with Gasteiger partial charge in [-0.2, -0.15) is 28.1 Å². The Labute approximate surface area is 325 Å². The van der Waals surface area contributed by atoms with Crippen molar-refractivity contribution in [3.8, 4) is 17.4 Å². The number of rotatable bonds is 15. The van der Waals surface area contributed by atoms with Crippen LogP contribution in [0.1, 0.15) is 35.2 Å². The largest absolute Gasteiger partial charge is 0.480 e. The van der Waals surface area contributed by atoms with E-state index in [-0.39, 0.29) is 30.4 Å². The molecule has 2 heterocycles. The minimum Gasteiger partial charge on any atom is -0.480 e. The summed E-state index contributed by atoms with van der Waals surface area (Å²) in [5.74, 6) is -3.97. The van der Waals surface area contributed by atoms with E-state index in [9.17, 15) is 37.5 Å². The smallest absolute Gasteiger partial charge is 0.422 e. The number of aliphatic carboxylic acids is 1. The summed E-state index contributed by atoms with van der Waals surface area (Å²) < 4.78 is 45.1. The van der Waals surface area contributed by atoms with Crippen LogP contribution in [0.3, 0.4) is 0 Å². The third kappa shape index (κ3) is 10.7. The van der Waals surface area contributed by atoms with Crippen molar-refractivity contribution in [3.63, 3.8) is 0 Å². The van der Waals surface area contributed by atoms with Crippen molar-refractivity contribution in [1.29, 1.82) is 0 Å². The summed E-state index contributed by atoms with van der Waals surface area (Å²) in [7, 11) is 1.64. The standard InChI is InChI=1S/C35H32ClF3N12O6/c1-51-26(48-49-50-51)20-3-2-4-24(17-20)41-29(54)28(53)40-16-13-25(30(55)56)43-27(52)19-5-11-23(12-6-19)42-31-44-32(46-33(45-31)57-18-35(37,38)39)47-34(14-15-34)21-7-9-22(36)10-8-21/h2-12,17,25H,13-16,18H2,1H3,(H,40,53)(H,41,54)(H,43,52)(H,55,56)(H2,42,44,45,46,47)/t25-/m0/s1. The molecule has 3 amide bonds. The number of carbonyl (C=O) groups excluding carboxylic acids is 3. The minimum atomic E-state index is -4.65. The number of tetrazole rings is 1. The highest BCUT2D eigenvalue weighted by atomic mass is 35.5. The summed E-state index contributed by atoms with van der Waals surface area (Å²) >= 11 is 6.02. The van der Waals surface area contributed by atoms with Crippen LogP contribution in [-0.4, -0.2) is 89.3 Å². The molecule has 57 heavy (non-hydrogen) atoms. The third-order valence-corrected chi connectivity index (χ3v) is 8.66. The number of hydrogen-bond acceptors (Lipinski definition) is 13. The molecule has 0 bridgehead atoms. The van der Waals surface area contributed by atoms with Gasteiger partial charge in [0.15, 0.2) is 12.4 Å². The molecule has 1 atom stereocenters. The molecule has 0 spiro atoms. The predicted molar refractivity (Wildman–Crippen MR) is 196 cm³/mol. The number of aromatic nitrogens is 7. The van der Waals surface area contributed by atoms with E-state index in [0.717, 1.165) is 5.56 Å². The van der Waals surface area contributed by atoms with Crippen LogP contribution < -0.4 is 31.3 Å². The zero-order valence-corrected chi connectivity index (χ0v) is 30.4. The number of hydrogen-bond donors (Lipinski definition) is 6. The fraction of sp³-hybridized carbons (Fsp3) is 0.257. The number of carbonyl (C=O) groups is 4. The first kappa shape index (κ1) is 39.8. The molecule has 22 heteroatoms. The summed E-state index contributed by atoms with van der Waals surface area (Å²) in [6.45, 7) is -1.91. The van der Waals surface area contributed by atoms with Gasteiger partial charge < -0.3 is 36.4 Å². The Hall–Kier alpha value is -6.90. The number of carboxylic acid groups (broad SMARTS) is 1. The lowest BCUT2D eigenvalue weighted by Crippen LogP contribution is -2.44. The average Bonchev–Trinajstić information content (AvgIpc) is 3.82. The number of anilines is 4. The Morgan fingerprint density at radius 3 is 2.32 bits per heavy atom. The molecule has 296 valence electrons. The Morgan fingerprint density at radius 2 is 1.67 bits per heavy atom. The van der Waals surface area contributed by atoms with Gasteiger partial charge >= 0.3 is 30.0 Å². The number of carboxylic acids is 1. The summed E-state index contributed by atoms with van der Waals surface area (Å²) in [5, 5.41) is 34.6. The minimum absolute atomic E-state index is 0.0492. The number of halogens is 4. The zero-order valence-electron chi connectivity index (χ0n) is 29.7. The number of nitrogens with zero attached hydrogens (tertiary/aromatic N) is 7. The second-order valence-corrected chi connectivity index (χ2v) is 13.1. The SMILES string of the molecule is Cn1nnnc1-c1cccc(NC(=O)C(=O)NCC[C@H](NC(=O)c2ccc(Nc3nc(NC4(c5ccc(Cl)cc5)CC4)nc(OCC(F)(F)F)n3)cc2)C(=O)O)c1. The summed E-state index contributed by atoms with van der Waals surface area (Å²) in [6.07, 6.45) is -3.52. The van der Waals surface area contributed by atoms with Crippen molar-refractivity contribution in [3.05, 3.63) is 88.9 Å². The van der Waals surface area contributed by atoms with Gasteiger partial charge in [0, 0.05) is 41.1 Å². The first-order valence-corrected chi connectivity index (χ1v) is 17.4. The van der Waals surface area contributed by atoms with E-state index in [4.69, 9.17) is 16.3 Å². The van der Waals surface area contributed by atoms with Gasteiger partial charge in [-0.25, -0.2) is 9.48 Å². The Balaban J connectivity index is 1.04. The Morgan fingerprint density at radius 1 is 0.947 bits per heavy atom. The first-order valence-electron chi connectivity index (χ1n) is 17.0. The average molecular weight is 809 g/mol. The van der Waals surface area contributed by atoms with Gasteiger partial charge in [-0.15, -0.1) is 5.10 Å². The van der Waals surface area contributed by atoms with E-state index >= 15 is 0 Å². The monoisotopic (exact) mass is 808 g/mol. The quantitative estimate of drug-likeness (QED) is 0.0825. The number of alkyl halides is 3. The molecule has 6 N–H and O–H groups in total. The number of benzene rings is 3. The highest BCUT2D eigenvalue weighted by Crippen LogP contribution is 2.48. The Bertz CT molecular complexity index is 2270. The van der Waals surface area contributed by atoms with E-state index in [1.807, 2.05) is 12.1 Å². The van der Waals surface area contributed by atoms with E-state index in [2.05, 4.69) is 57.1 Å². The topological polar surface area (TPSA) is 240 Å². The van der Waals surface area contributed by atoms with Gasteiger partial charge in [0.1, 0.15) is 6.04 Å². The molecule has 1 saturated carbocycles. The van der Waals surface area contributed by atoms with Crippen LogP contribution >= 0.6 is 11.6 Å². The maximum atomic E-state index is 13.0. The summed E-state index contributed by atoms with van der Waals surface area (Å²) in [6, 6.07) is 17.1. The van der Waals surface area contributed by atoms with Crippen molar-refractivity contribution in [2.45, 2.75) is 37.0 Å². The van der Waals surface area contributed by atoms with Crippen molar-refractivity contribution in [2.75, 3.05) is 29.1 Å². The molecule has 2 aromatic heterocycles. The highest BCUT2D eigenvalue weighted by Gasteiger charge is 2.45.